The lowest BCUT2D eigenvalue weighted by atomic mass is 10.4. The van der Waals surface area contributed by atoms with Gasteiger partial charge in [0.2, 0.25) is 0 Å². The Hall–Kier alpha value is 0.160. The van der Waals surface area contributed by atoms with Gasteiger partial charge in [-0.15, -0.1) is 11.6 Å². The molecule has 0 bridgehead atoms. The molecule has 0 aromatic carbocycles. The van der Waals surface area contributed by atoms with Gasteiger partial charge in [-0.05, 0) is 19.8 Å². The maximum Gasteiger partial charge on any atom is 0.281 e. The highest BCUT2D eigenvalue weighted by Crippen LogP contribution is 2.15. The molecule has 0 spiro atoms. The highest BCUT2D eigenvalue weighted by atomic mass is 35.5. The molecule has 0 saturated carbocycles. The van der Waals surface area contributed by atoms with Crippen LogP contribution in [0.4, 0.5) is 0 Å². The fourth-order valence-electron chi connectivity index (χ4n) is 1.56. The average molecular weight is 241 g/mol. The van der Waals surface area contributed by atoms with E-state index in [0.717, 1.165) is 12.8 Å². The molecule has 0 aromatic heterocycles. The molecule has 0 amide bonds. The quantitative estimate of drug-likeness (QED) is 0.685. The van der Waals surface area contributed by atoms with Crippen molar-refractivity contribution in [2.24, 2.45) is 0 Å². The van der Waals surface area contributed by atoms with Crippen molar-refractivity contribution in [2.75, 3.05) is 26.7 Å². The molecular weight excluding hydrogens is 224 g/mol. The summed E-state index contributed by atoms with van der Waals surface area (Å²) < 4.78 is 26.6. The van der Waals surface area contributed by atoms with E-state index in [4.69, 9.17) is 11.6 Å². The van der Waals surface area contributed by atoms with Crippen LogP contribution in [0, 0.1) is 0 Å². The van der Waals surface area contributed by atoms with E-state index in [1.807, 2.05) is 0 Å². The maximum absolute atomic E-state index is 11.9. The van der Waals surface area contributed by atoms with Crippen LogP contribution in [0.3, 0.4) is 0 Å². The van der Waals surface area contributed by atoms with Crippen LogP contribution >= 0.6 is 11.6 Å². The fraction of sp³-hybridized carbons (Fsp3) is 1.00. The number of hydrogen-bond acceptors (Lipinski definition) is 2. The minimum Gasteiger partial charge on any atom is -0.195 e. The van der Waals surface area contributed by atoms with Crippen molar-refractivity contribution in [3.63, 3.8) is 0 Å². The third-order valence-corrected chi connectivity index (χ3v) is 4.39. The second kappa shape index (κ2) is 4.79. The van der Waals surface area contributed by atoms with E-state index in [-0.39, 0.29) is 5.38 Å². The van der Waals surface area contributed by atoms with E-state index in [1.165, 1.54) is 8.61 Å². The molecule has 0 aromatic rings. The predicted octanol–water partition coefficient (Wildman–Crippen LogP) is 0.886. The largest absolute Gasteiger partial charge is 0.281 e. The molecule has 1 fully saturated rings. The molecule has 1 rings (SSSR count). The van der Waals surface area contributed by atoms with Gasteiger partial charge in [-0.2, -0.15) is 17.0 Å². The zero-order valence-electron chi connectivity index (χ0n) is 8.61. The van der Waals surface area contributed by atoms with E-state index < -0.39 is 10.2 Å². The van der Waals surface area contributed by atoms with Crippen molar-refractivity contribution in [3.05, 3.63) is 0 Å². The molecule has 1 unspecified atom stereocenters. The first-order valence-electron chi connectivity index (χ1n) is 4.80. The average Bonchev–Trinajstić information content (AvgIpc) is 2.54. The summed E-state index contributed by atoms with van der Waals surface area (Å²) in [4.78, 5) is 0. The first kappa shape index (κ1) is 12.2. The molecule has 1 atom stereocenters. The smallest absolute Gasteiger partial charge is 0.195 e. The SMILES string of the molecule is CC(Cl)CN(C)S(=O)(=O)N1CCCC1. The van der Waals surface area contributed by atoms with Gasteiger partial charge in [-0.3, -0.25) is 0 Å². The number of alkyl halides is 1. The molecule has 1 aliphatic heterocycles. The normalized spacial score (nSPS) is 21.7. The summed E-state index contributed by atoms with van der Waals surface area (Å²) in [6.07, 6.45) is 1.92. The molecule has 1 aliphatic rings. The monoisotopic (exact) mass is 240 g/mol. The molecule has 1 saturated heterocycles. The molecule has 0 N–H and O–H groups in total. The molecular formula is C8H17ClN2O2S. The molecule has 1 heterocycles. The van der Waals surface area contributed by atoms with E-state index in [1.54, 1.807) is 14.0 Å². The van der Waals surface area contributed by atoms with Crippen LogP contribution < -0.4 is 0 Å². The van der Waals surface area contributed by atoms with Crippen molar-refractivity contribution >= 4 is 21.8 Å². The molecule has 4 nitrogen and oxygen atoms in total. The van der Waals surface area contributed by atoms with Gasteiger partial charge in [-0.25, -0.2) is 0 Å². The lowest BCUT2D eigenvalue weighted by Crippen LogP contribution is -2.42. The zero-order chi connectivity index (χ0) is 10.8. The van der Waals surface area contributed by atoms with Crippen LogP contribution in [0.25, 0.3) is 0 Å². The van der Waals surface area contributed by atoms with Gasteiger partial charge in [0, 0.05) is 32.1 Å². The third-order valence-electron chi connectivity index (χ3n) is 2.29. The van der Waals surface area contributed by atoms with Gasteiger partial charge in [0.25, 0.3) is 10.2 Å². The van der Waals surface area contributed by atoms with Crippen molar-refractivity contribution in [2.45, 2.75) is 25.1 Å². The summed E-state index contributed by atoms with van der Waals surface area (Å²) in [6, 6.07) is 0. The number of nitrogens with zero attached hydrogens (tertiary/aromatic N) is 2. The number of halogens is 1. The molecule has 6 heteroatoms. The third kappa shape index (κ3) is 2.82. The molecule has 0 radical (unpaired) electrons. The predicted molar refractivity (Wildman–Crippen MR) is 57.7 cm³/mol. The van der Waals surface area contributed by atoms with Crippen molar-refractivity contribution < 1.29 is 8.42 Å². The number of rotatable bonds is 4. The van der Waals surface area contributed by atoms with Crippen LogP contribution in [0.15, 0.2) is 0 Å². The second-order valence-corrected chi connectivity index (χ2v) is 6.46. The first-order chi connectivity index (χ1) is 6.44. The summed E-state index contributed by atoms with van der Waals surface area (Å²) in [5.41, 5.74) is 0. The van der Waals surface area contributed by atoms with Gasteiger partial charge < -0.3 is 0 Å². The standard InChI is InChI=1S/C8H17ClN2O2S/c1-8(9)7-10(2)14(12,13)11-5-3-4-6-11/h8H,3-7H2,1-2H3. The van der Waals surface area contributed by atoms with Gasteiger partial charge in [0.15, 0.2) is 0 Å². The second-order valence-electron chi connectivity index (χ2n) is 3.68. The first-order valence-corrected chi connectivity index (χ1v) is 6.63. The minimum atomic E-state index is -3.25. The van der Waals surface area contributed by atoms with Crippen LogP contribution in [0.5, 0.6) is 0 Å². The minimum absolute atomic E-state index is 0.155. The summed E-state index contributed by atoms with van der Waals surface area (Å²) in [5.74, 6) is 0. The summed E-state index contributed by atoms with van der Waals surface area (Å²) in [7, 11) is -1.68. The van der Waals surface area contributed by atoms with E-state index in [9.17, 15) is 8.42 Å². The highest BCUT2D eigenvalue weighted by Gasteiger charge is 2.29. The Morgan fingerprint density at radius 1 is 1.43 bits per heavy atom. The van der Waals surface area contributed by atoms with E-state index in [0.29, 0.717) is 19.6 Å². The Balaban J connectivity index is 2.63. The summed E-state index contributed by atoms with van der Waals surface area (Å²) in [6.45, 7) is 3.44. The fourth-order valence-corrected chi connectivity index (χ4v) is 3.38. The van der Waals surface area contributed by atoms with Gasteiger partial charge in [-0.1, -0.05) is 0 Å². The van der Waals surface area contributed by atoms with Gasteiger partial charge in [0.05, 0.1) is 0 Å². The lowest BCUT2D eigenvalue weighted by Gasteiger charge is -2.24. The van der Waals surface area contributed by atoms with Crippen molar-refractivity contribution in [1.82, 2.24) is 8.61 Å². The van der Waals surface area contributed by atoms with Gasteiger partial charge in [0.1, 0.15) is 0 Å². The Labute approximate surface area is 91.0 Å². The Morgan fingerprint density at radius 3 is 2.36 bits per heavy atom. The van der Waals surface area contributed by atoms with Gasteiger partial charge >= 0.3 is 0 Å². The lowest BCUT2D eigenvalue weighted by molar-refractivity contribution is 0.395. The zero-order valence-corrected chi connectivity index (χ0v) is 10.2. The Kier molecular flexibility index (Phi) is 4.18. The Bertz CT molecular complexity index is 273. The summed E-state index contributed by atoms with van der Waals surface area (Å²) in [5, 5.41) is -0.155. The summed E-state index contributed by atoms with van der Waals surface area (Å²) >= 11 is 5.76. The van der Waals surface area contributed by atoms with Crippen LogP contribution in [0.1, 0.15) is 19.8 Å². The molecule has 14 heavy (non-hydrogen) atoms. The Morgan fingerprint density at radius 2 is 1.93 bits per heavy atom. The molecule has 0 aliphatic carbocycles. The topological polar surface area (TPSA) is 40.6 Å². The van der Waals surface area contributed by atoms with Crippen LogP contribution in [0.2, 0.25) is 0 Å². The van der Waals surface area contributed by atoms with Crippen LogP contribution in [-0.2, 0) is 10.2 Å². The van der Waals surface area contributed by atoms with E-state index in [2.05, 4.69) is 0 Å². The van der Waals surface area contributed by atoms with Crippen LogP contribution in [-0.4, -0.2) is 49.1 Å². The molecule has 84 valence electrons. The van der Waals surface area contributed by atoms with E-state index >= 15 is 0 Å². The maximum atomic E-state index is 11.9. The van der Waals surface area contributed by atoms with Crippen molar-refractivity contribution in [1.29, 1.82) is 0 Å². The highest BCUT2D eigenvalue weighted by molar-refractivity contribution is 7.86. The number of hydrogen-bond donors (Lipinski definition) is 0. The van der Waals surface area contributed by atoms with Crippen molar-refractivity contribution in [3.8, 4) is 0 Å².